The van der Waals surface area contributed by atoms with Crippen molar-refractivity contribution in [2.75, 3.05) is 13.2 Å². The van der Waals surface area contributed by atoms with Crippen LogP contribution in [0.3, 0.4) is 0 Å². The second kappa shape index (κ2) is 20.0. The Hall–Kier alpha value is -3.03. The number of thiazole rings is 1. The van der Waals surface area contributed by atoms with Crippen molar-refractivity contribution in [3.05, 3.63) is 16.6 Å². The molecular weight excluding hydrogens is 560 g/mol. The van der Waals surface area contributed by atoms with E-state index in [1.165, 1.54) is 24.5 Å². The Bertz CT molecular complexity index is 1030. The van der Waals surface area contributed by atoms with E-state index in [0.717, 1.165) is 0 Å². The Kier molecular flexibility index (Phi) is 17.6. The fourth-order valence-corrected chi connectivity index (χ4v) is 5.27. The van der Waals surface area contributed by atoms with Crippen LogP contribution in [0.4, 0.5) is 0 Å². The summed E-state index contributed by atoms with van der Waals surface area (Å²) in [4.78, 5) is 68.7. The van der Waals surface area contributed by atoms with E-state index in [1.54, 1.807) is 5.38 Å². The molecule has 0 radical (unpaired) electrons. The maximum Gasteiger partial charge on any atom is 0.226 e. The van der Waals surface area contributed by atoms with E-state index < -0.39 is 42.3 Å². The third kappa shape index (κ3) is 14.2. The van der Waals surface area contributed by atoms with Gasteiger partial charge in [-0.25, -0.2) is 4.98 Å². The highest BCUT2D eigenvalue weighted by molar-refractivity contribution is 7.11. The third-order valence-electron chi connectivity index (χ3n) is 6.82. The van der Waals surface area contributed by atoms with Crippen molar-refractivity contribution >= 4 is 46.3 Å². The molecule has 1 aromatic rings. The lowest BCUT2D eigenvalue weighted by Crippen LogP contribution is -2.47. The number of aliphatic hydroxyl groups excluding tert-OH is 1. The summed E-state index contributed by atoms with van der Waals surface area (Å²) in [6.45, 7) is 5.06. The number of Topliss-reactive ketones (excluding diaryl/α,β-unsaturated/α-hetero) is 3. The summed E-state index contributed by atoms with van der Waals surface area (Å²) in [6, 6.07) is -1.76. The van der Waals surface area contributed by atoms with Crippen LogP contribution in [0.25, 0.3) is 0 Å². The van der Waals surface area contributed by atoms with Crippen LogP contribution in [0.2, 0.25) is 0 Å². The molecule has 2 amide bonds. The first-order valence-electron chi connectivity index (χ1n) is 14.6. The molecule has 0 spiro atoms. The number of rotatable bonds is 23. The molecule has 13 heteroatoms. The fraction of sp³-hybridized carbons (Fsp3) is 0.690. The first-order valence-corrected chi connectivity index (χ1v) is 15.5. The van der Waals surface area contributed by atoms with Crippen LogP contribution in [0.5, 0.6) is 0 Å². The fourth-order valence-electron chi connectivity index (χ4n) is 4.64. The molecule has 42 heavy (non-hydrogen) atoms. The van der Waals surface area contributed by atoms with Crippen LogP contribution in [0, 0.1) is 23.2 Å². The third-order valence-corrected chi connectivity index (χ3v) is 7.60. The molecule has 8 N–H and O–H groups in total. The Labute approximate surface area is 252 Å². The molecule has 0 fully saturated rings. The van der Waals surface area contributed by atoms with Crippen LogP contribution >= 0.6 is 11.3 Å². The number of unbranched alkanes of at least 4 members (excludes halogenated alkanes) is 2. The summed E-state index contributed by atoms with van der Waals surface area (Å²) < 4.78 is 0. The molecule has 0 saturated carbocycles. The molecule has 0 saturated heterocycles. The predicted molar refractivity (Wildman–Crippen MR) is 162 cm³/mol. The first kappa shape index (κ1) is 37.0. The minimum atomic E-state index is -0.970. The van der Waals surface area contributed by atoms with Gasteiger partial charge in [0.05, 0.1) is 30.4 Å². The second-order valence-corrected chi connectivity index (χ2v) is 12.1. The normalized spacial score (nSPS) is 14.0. The Morgan fingerprint density at radius 1 is 0.976 bits per heavy atom. The van der Waals surface area contributed by atoms with E-state index in [-0.39, 0.29) is 47.0 Å². The van der Waals surface area contributed by atoms with E-state index in [1.807, 2.05) is 13.8 Å². The number of ketones is 3. The molecule has 4 atom stereocenters. The number of amides is 2. The Morgan fingerprint density at radius 3 is 2.14 bits per heavy atom. The molecule has 0 bridgehead atoms. The van der Waals surface area contributed by atoms with Crippen molar-refractivity contribution in [2.45, 2.75) is 97.1 Å². The summed E-state index contributed by atoms with van der Waals surface area (Å²) in [6.07, 6.45) is 4.95. The largest absolute Gasteiger partial charge is 0.396 e. The van der Waals surface area contributed by atoms with Gasteiger partial charge in [0.1, 0.15) is 5.78 Å². The van der Waals surface area contributed by atoms with Gasteiger partial charge < -0.3 is 32.0 Å². The summed E-state index contributed by atoms with van der Waals surface area (Å²) in [5.41, 5.74) is 11.1. The summed E-state index contributed by atoms with van der Waals surface area (Å²) in [7, 11) is 0. The highest BCUT2D eigenvalue weighted by Crippen LogP contribution is 2.21. The van der Waals surface area contributed by atoms with Gasteiger partial charge in [-0.05, 0) is 57.9 Å². The molecule has 1 rings (SSSR count). The monoisotopic (exact) mass is 608 g/mol. The molecule has 0 aliphatic carbocycles. The van der Waals surface area contributed by atoms with Crippen LogP contribution in [-0.4, -0.2) is 70.3 Å². The lowest BCUT2D eigenvalue weighted by Gasteiger charge is -2.25. The molecule has 0 aliphatic heterocycles. The minimum absolute atomic E-state index is 0.0528. The number of amidine groups is 1. The van der Waals surface area contributed by atoms with Crippen LogP contribution in [0.1, 0.15) is 94.8 Å². The Balaban J connectivity index is 3.10. The highest BCUT2D eigenvalue weighted by atomic mass is 32.1. The van der Waals surface area contributed by atoms with E-state index in [4.69, 9.17) is 16.9 Å². The molecular formula is C29H48N6O6S. The standard InChI is InChI=1S/C29H48N6O6S/c1-18(2)14-20(16-24(38)22(8-6-7-11-30)34-28(41)21(17-36)15-19(3)37)27(40)35-23(9-4-5-10-25(31)32)26(39)29-33-12-13-42-29/h12-13,18,20-23,36H,4-11,14-17,30H2,1-3H3,(H3,31,32)(H,34,41)(H,35,40)/t20-,21+,22+,23+/m1/s1. The van der Waals surface area contributed by atoms with Crippen molar-refractivity contribution in [1.82, 2.24) is 15.6 Å². The minimum Gasteiger partial charge on any atom is -0.396 e. The predicted octanol–water partition coefficient (Wildman–Crippen LogP) is 2.13. The van der Waals surface area contributed by atoms with E-state index in [2.05, 4.69) is 15.6 Å². The van der Waals surface area contributed by atoms with Gasteiger partial charge in [-0.3, -0.25) is 24.6 Å². The van der Waals surface area contributed by atoms with Gasteiger partial charge in [0, 0.05) is 36.8 Å². The Morgan fingerprint density at radius 2 is 1.60 bits per heavy atom. The number of carbonyl (C=O) groups is 5. The number of carbonyl (C=O) groups excluding carboxylic acids is 5. The van der Waals surface area contributed by atoms with Crippen molar-refractivity contribution in [1.29, 1.82) is 5.41 Å². The number of hydrogen-bond donors (Lipinski definition) is 6. The summed E-state index contributed by atoms with van der Waals surface area (Å²) in [5, 5.41) is 24.5. The number of nitrogens with two attached hydrogens (primary N) is 2. The van der Waals surface area contributed by atoms with Gasteiger partial charge in [-0.15, -0.1) is 11.3 Å². The number of nitrogens with zero attached hydrogens (tertiary/aromatic N) is 1. The summed E-state index contributed by atoms with van der Waals surface area (Å²) >= 11 is 1.18. The lowest BCUT2D eigenvalue weighted by molar-refractivity contribution is -0.135. The lowest BCUT2D eigenvalue weighted by atomic mass is 9.88. The topological polar surface area (TPSA) is 218 Å². The van der Waals surface area contributed by atoms with Crippen LogP contribution in [-0.2, 0) is 19.2 Å². The van der Waals surface area contributed by atoms with Gasteiger partial charge in [-0.2, -0.15) is 0 Å². The zero-order valence-electron chi connectivity index (χ0n) is 25.0. The molecule has 1 aromatic heterocycles. The van der Waals surface area contributed by atoms with Crippen molar-refractivity contribution < 1.29 is 29.1 Å². The highest BCUT2D eigenvalue weighted by Gasteiger charge is 2.32. The molecule has 0 unspecified atom stereocenters. The molecule has 1 heterocycles. The van der Waals surface area contributed by atoms with Crippen molar-refractivity contribution in [3.63, 3.8) is 0 Å². The first-order chi connectivity index (χ1) is 19.9. The van der Waals surface area contributed by atoms with Crippen LogP contribution < -0.4 is 22.1 Å². The SMILES string of the molecule is CC(=O)C[C@@H](CO)C(=O)N[C@@H](CCCCN)C(=O)C[C@@H](CC(C)C)C(=O)N[C@@H](CCCCC(=N)N)C(=O)c1nccs1. The van der Waals surface area contributed by atoms with Crippen molar-refractivity contribution in [3.8, 4) is 0 Å². The van der Waals surface area contributed by atoms with Crippen molar-refractivity contribution in [2.24, 2.45) is 29.2 Å². The zero-order valence-corrected chi connectivity index (χ0v) is 25.8. The number of aromatic nitrogens is 1. The average molecular weight is 609 g/mol. The molecule has 0 aliphatic rings. The molecule has 236 valence electrons. The van der Waals surface area contributed by atoms with Gasteiger partial charge >= 0.3 is 0 Å². The molecule has 0 aromatic carbocycles. The average Bonchev–Trinajstić information content (AvgIpc) is 3.46. The summed E-state index contributed by atoms with van der Waals surface area (Å²) in [5.74, 6) is -3.54. The van der Waals surface area contributed by atoms with E-state index in [9.17, 15) is 29.1 Å². The maximum absolute atomic E-state index is 13.6. The van der Waals surface area contributed by atoms with Gasteiger partial charge in [0.15, 0.2) is 10.8 Å². The number of nitrogens with one attached hydrogen (secondary N) is 3. The van der Waals surface area contributed by atoms with E-state index >= 15 is 0 Å². The second-order valence-electron chi connectivity index (χ2n) is 11.2. The van der Waals surface area contributed by atoms with Gasteiger partial charge in [-0.1, -0.05) is 20.3 Å². The van der Waals surface area contributed by atoms with Gasteiger partial charge in [0.2, 0.25) is 17.6 Å². The number of hydrogen-bond acceptors (Lipinski definition) is 10. The maximum atomic E-state index is 13.6. The molecule has 12 nitrogen and oxygen atoms in total. The zero-order chi connectivity index (χ0) is 31.7. The van der Waals surface area contributed by atoms with Gasteiger partial charge in [0.25, 0.3) is 0 Å². The quantitative estimate of drug-likeness (QED) is 0.0463. The number of aliphatic hydroxyl groups is 1. The van der Waals surface area contributed by atoms with E-state index in [0.29, 0.717) is 57.9 Å². The van der Waals surface area contributed by atoms with Crippen LogP contribution in [0.15, 0.2) is 11.6 Å². The smallest absolute Gasteiger partial charge is 0.226 e.